The van der Waals surface area contributed by atoms with Crippen LogP contribution in [0.5, 0.6) is 0 Å². The van der Waals surface area contributed by atoms with Crippen LogP contribution in [-0.2, 0) is 19.1 Å². The summed E-state index contributed by atoms with van der Waals surface area (Å²) in [6, 6.07) is 6.63. The highest BCUT2D eigenvalue weighted by atomic mass is 16.5. The van der Waals surface area contributed by atoms with Gasteiger partial charge >= 0.3 is 5.97 Å². The van der Waals surface area contributed by atoms with Crippen LogP contribution in [0.25, 0.3) is 0 Å². The van der Waals surface area contributed by atoms with E-state index in [2.05, 4.69) is 5.32 Å². The molecule has 1 heterocycles. The number of nitrogens with zero attached hydrogens (tertiary/aromatic N) is 1. The maximum atomic E-state index is 12.7. The average Bonchev–Trinajstić information content (AvgIpc) is 2.56. The molecule has 2 amide bonds. The number of fused-ring (bicyclic) bond motifs is 1. The number of para-hydroxylation sites is 1. The predicted molar refractivity (Wildman–Crippen MR) is 90.6 cm³/mol. The number of anilines is 1. The van der Waals surface area contributed by atoms with E-state index < -0.39 is 17.9 Å². The van der Waals surface area contributed by atoms with E-state index in [0.29, 0.717) is 6.42 Å². The zero-order chi connectivity index (χ0) is 17.9. The summed E-state index contributed by atoms with van der Waals surface area (Å²) >= 11 is 0. The van der Waals surface area contributed by atoms with Crippen LogP contribution < -0.4 is 10.2 Å². The summed E-state index contributed by atoms with van der Waals surface area (Å²) in [7, 11) is 3.00. The van der Waals surface area contributed by atoms with Crippen LogP contribution in [0, 0.1) is 5.92 Å². The number of hydrogen-bond donors (Lipinski definition) is 1. The Kier molecular flexibility index (Phi) is 5.59. The van der Waals surface area contributed by atoms with Gasteiger partial charge in [0.05, 0.1) is 13.0 Å². The van der Waals surface area contributed by atoms with E-state index >= 15 is 0 Å². The smallest absolute Gasteiger partial charge is 0.328 e. The van der Waals surface area contributed by atoms with Gasteiger partial charge in [-0.15, -0.1) is 0 Å². The molecule has 0 unspecified atom stereocenters. The molecule has 1 aromatic rings. The highest BCUT2D eigenvalue weighted by molar-refractivity contribution is 6.03. The third-order valence-electron chi connectivity index (χ3n) is 4.25. The SMILES string of the molecule is COC(=O)[C@@H](CC(C)C)NC(=O)[C@H]1CC(=O)N(C)c2ccccc21. The number of rotatable bonds is 5. The maximum Gasteiger partial charge on any atom is 0.328 e. The van der Waals surface area contributed by atoms with E-state index in [0.717, 1.165) is 11.3 Å². The number of nitrogens with one attached hydrogen (secondary N) is 1. The normalized spacial score (nSPS) is 18.1. The van der Waals surface area contributed by atoms with Crippen molar-refractivity contribution in [2.24, 2.45) is 5.92 Å². The lowest BCUT2D eigenvalue weighted by atomic mass is 9.88. The molecule has 0 radical (unpaired) electrons. The van der Waals surface area contributed by atoms with Crippen molar-refractivity contribution in [2.45, 2.75) is 38.6 Å². The van der Waals surface area contributed by atoms with E-state index in [-0.39, 0.29) is 24.2 Å². The Morgan fingerprint density at radius 2 is 2.00 bits per heavy atom. The first-order chi connectivity index (χ1) is 11.3. The second kappa shape index (κ2) is 7.47. The minimum Gasteiger partial charge on any atom is -0.467 e. The molecule has 2 rings (SSSR count). The summed E-state index contributed by atoms with van der Waals surface area (Å²) in [5, 5.41) is 2.76. The summed E-state index contributed by atoms with van der Waals surface area (Å²) in [4.78, 5) is 38.4. The average molecular weight is 332 g/mol. The molecule has 0 saturated carbocycles. The summed E-state index contributed by atoms with van der Waals surface area (Å²) in [6.07, 6.45) is 0.579. The van der Waals surface area contributed by atoms with Gasteiger partial charge in [0, 0.05) is 19.2 Å². The lowest BCUT2D eigenvalue weighted by Crippen LogP contribution is -2.46. The van der Waals surface area contributed by atoms with E-state index in [1.54, 1.807) is 11.9 Å². The first kappa shape index (κ1) is 18.0. The number of methoxy groups -OCH3 is 1. The van der Waals surface area contributed by atoms with E-state index in [1.165, 1.54) is 7.11 Å². The standard InChI is InChI=1S/C18H24N2O4/c1-11(2)9-14(18(23)24-4)19-17(22)13-10-16(21)20(3)15-8-6-5-7-12(13)15/h5-8,11,13-14H,9-10H2,1-4H3,(H,19,22)/t13-,14+/m0/s1. The Hall–Kier alpha value is -2.37. The Bertz CT molecular complexity index is 642. The lowest BCUT2D eigenvalue weighted by Gasteiger charge is -2.31. The molecule has 0 spiro atoms. The van der Waals surface area contributed by atoms with Crippen molar-refractivity contribution in [1.29, 1.82) is 0 Å². The molecular formula is C18H24N2O4. The minimum absolute atomic E-state index is 0.0922. The molecule has 0 bridgehead atoms. The van der Waals surface area contributed by atoms with Gasteiger partial charge in [0.15, 0.2) is 0 Å². The van der Waals surface area contributed by atoms with Gasteiger partial charge in [-0.25, -0.2) is 4.79 Å². The number of benzene rings is 1. The molecule has 1 aliphatic rings. The minimum atomic E-state index is -0.704. The molecule has 6 nitrogen and oxygen atoms in total. The Balaban J connectivity index is 2.24. The molecule has 24 heavy (non-hydrogen) atoms. The van der Waals surface area contributed by atoms with Crippen LogP contribution in [-0.4, -0.2) is 38.0 Å². The molecule has 6 heteroatoms. The number of ether oxygens (including phenoxy) is 1. The van der Waals surface area contributed by atoms with E-state index in [1.807, 2.05) is 38.1 Å². The Labute approximate surface area is 142 Å². The van der Waals surface area contributed by atoms with Crippen LogP contribution in [0.1, 0.15) is 38.2 Å². The molecule has 0 saturated heterocycles. The van der Waals surface area contributed by atoms with Crippen LogP contribution in [0.15, 0.2) is 24.3 Å². The van der Waals surface area contributed by atoms with Gasteiger partial charge in [0.1, 0.15) is 6.04 Å². The third-order valence-corrected chi connectivity index (χ3v) is 4.25. The van der Waals surface area contributed by atoms with E-state index in [4.69, 9.17) is 4.74 Å². The van der Waals surface area contributed by atoms with Crippen molar-refractivity contribution in [3.63, 3.8) is 0 Å². The number of amides is 2. The summed E-state index contributed by atoms with van der Waals surface area (Å²) < 4.78 is 4.78. The first-order valence-electron chi connectivity index (χ1n) is 8.08. The monoisotopic (exact) mass is 332 g/mol. The van der Waals surface area contributed by atoms with Gasteiger partial charge in [0.25, 0.3) is 0 Å². The fourth-order valence-corrected chi connectivity index (χ4v) is 2.98. The van der Waals surface area contributed by atoms with Gasteiger partial charge in [-0.1, -0.05) is 32.0 Å². The van der Waals surface area contributed by atoms with Crippen LogP contribution in [0.4, 0.5) is 5.69 Å². The van der Waals surface area contributed by atoms with Crippen LogP contribution in [0.2, 0.25) is 0 Å². The van der Waals surface area contributed by atoms with Crippen molar-refractivity contribution < 1.29 is 19.1 Å². The van der Waals surface area contributed by atoms with Gasteiger partial charge in [-0.2, -0.15) is 0 Å². The highest BCUT2D eigenvalue weighted by Crippen LogP contribution is 2.35. The van der Waals surface area contributed by atoms with Crippen LogP contribution >= 0.6 is 0 Å². The zero-order valence-electron chi connectivity index (χ0n) is 14.5. The van der Waals surface area contributed by atoms with Crippen molar-refractivity contribution in [2.75, 3.05) is 19.1 Å². The molecule has 2 atom stereocenters. The maximum absolute atomic E-state index is 12.7. The van der Waals surface area contributed by atoms with Crippen molar-refractivity contribution in [1.82, 2.24) is 5.32 Å². The Morgan fingerprint density at radius 3 is 2.62 bits per heavy atom. The van der Waals surface area contributed by atoms with Gasteiger partial charge < -0.3 is 15.0 Å². The summed E-state index contributed by atoms with van der Waals surface area (Å²) in [5.41, 5.74) is 1.53. The number of carbonyl (C=O) groups is 3. The summed E-state index contributed by atoms with van der Waals surface area (Å²) in [5.74, 6) is -1.28. The van der Waals surface area contributed by atoms with Crippen molar-refractivity contribution in [3.05, 3.63) is 29.8 Å². The largest absolute Gasteiger partial charge is 0.467 e. The predicted octanol–water partition coefficient (Wildman–Crippen LogP) is 1.84. The molecule has 1 N–H and O–H groups in total. The van der Waals surface area contributed by atoms with E-state index in [9.17, 15) is 14.4 Å². The number of carbonyl (C=O) groups excluding carboxylic acids is 3. The fraction of sp³-hybridized carbons (Fsp3) is 0.500. The molecule has 130 valence electrons. The highest BCUT2D eigenvalue weighted by Gasteiger charge is 2.35. The third kappa shape index (κ3) is 3.75. The van der Waals surface area contributed by atoms with Gasteiger partial charge in [-0.05, 0) is 24.0 Å². The fourth-order valence-electron chi connectivity index (χ4n) is 2.98. The van der Waals surface area contributed by atoms with Gasteiger partial charge in [-0.3, -0.25) is 9.59 Å². The number of esters is 1. The summed E-state index contributed by atoms with van der Waals surface area (Å²) in [6.45, 7) is 3.94. The quantitative estimate of drug-likeness (QED) is 0.835. The molecule has 1 aromatic carbocycles. The molecule has 1 aliphatic heterocycles. The van der Waals surface area contributed by atoms with Crippen LogP contribution in [0.3, 0.4) is 0 Å². The molecular weight excluding hydrogens is 308 g/mol. The zero-order valence-corrected chi connectivity index (χ0v) is 14.5. The molecule has 0 aromatic heterocycles. The topological polar surface area (TPSA) is 75.7 Å². The lowest BCUT2D eigenvalue weighted by molar-refractivity contribution is -0.145. The first-order valence-corrected chi connectivity index (χ1v) is 8.08. The molecule has 0 aliphatic carbocycles. The Morgan fingerprint density at radius 1 is 1.33 bits per heavy atom. The van der Waals surface area contributed by atoms with Crippen molar-refractivity contribution >= 4 is 23.5 Å². The van der Waals surface area contributed by atoms with Gasteiger partial charge in [0.2, 0.25) is 11.8 Å². The number of hydrogen-bond acceptors (Lipinski definition) is 4. The second-order valence-corrected chi connectivity index (χ2v) is 6.48. The molecule has 0 fully saturated rings. The van der Waals surface area contributed by atoms with Crippen molar-refractivity contribution in [3.8, 4) is 0 Å². The second-order valence-electron chi connectivity index (χ2n) is 6.48.